The lowest BCUT2D eigenvalue weighted by atomic mass is 10.3. The third-order valence-electron chi connectivity index (χ3n) is 3.53. The van der Waals surface area contributed by atoms with Crippen LogP contribution in [0.2, 0.25) is 0 Å². The van der Waals surface area contributed by atoms with E-state index in [0.717, 1.165) is 44.1 Å². The molecule has 0 aromatic carbocycles. The maximum atomic E-state index is 5.61. The molecule has 0 spiro atoms. The Morgan fingerprint density at radius 2 is 1.45 bits per heavy atom. The van der Waals surface area contributed by atoms with E-state index in [-0.39, 0.29) is 0 Å². The fraction of sp³-hybridized carbons (Fsp3) is 0.412. The van der Waals surface area contributed by atoms with Crippen molar-refractivity contribution in [3.05, 3.63) is 60.2 Å². The summed E-state index contributed by atoms with van der Waals surface area (Å²) < 4.78 is 0. The lowest BCUT2D eigenvalue weighted by Crippen LogP contribution is -2.35. The molecule has 0 bridgehead atoms. The minimum atomic E-state index is 0.691. The van der Waals surface area contributed by atoms with Crippen molar-refractivity contribution in [2.75, 3.05) is 33.2 Å². The van der Waals surface area contributed by atoms with Crippen molar-refractivity contribution in [1.29, 1.82) is 0 Å². The number of hydrogen-bond donors (Lipinski definition) is 1. The molecule has 0 unspecified atom stereocenters. The highest BCUT2D eigenvalue weighted by molar-refractivity contribution is 5.06. The molecule has 0 atom stereocenters. The Balaban J connectivity index is 1.97. The van der Waals surface area contributed by atoms with Gasteiger partial charge in [-0.25, -0.2) is 0 Å². The summed E-state index contributed by atoms with van der Waals surface area (Å²) in [6.45, 7) is 5.21. The molecule has 2 N–H and O–H groups in total. The normalized spacial score (nSPS) is 11.3. The Bertz CT molecular complexity index is 476. The van der Waals surface area contributed by atoms with E-state index in [2.05, 4.69) is 38.9 Å². The smallest absolute Gasteiger partial charge is 0.0544 e. The van der Waals surface area contributed by atoms with Crippen LogP contribution in [0.3, 0.4) is 0 Å². The van der Waals surface area contributed by atoms with Gasteiger partial charge >= 0.3 is 0 Å². The lowest BCUT2D eigenvalue weighted by Gasteiger charge is -2.24. The molecule has 118 valence electrons. The highest BCUT2D eigenvalue weighted by atomic mass is 15.2. The number of rotatable bonds is 9. The van der Waals surface area contributed by atoms with Crippen molar-refractivity contribution in [3.63, 3.8) is 0 Å². The summed E-state index contributed by atoms with van der Waals surface area (Å²) >= 11 is 0. The van der Waals surface area contributed by atoms with Gasteiger partial charge in [-0.2, -0.15) is 0 Å². The molecule has 0 aliphatic heterocycles. The summed E-state index contributed by atoms with van der Waals surface area (Å²) in [6.07, 6.45) is 3.68. The Kier molecular flexibility index (Phi) is 6.96. The Hall–Kier alpha value is -1.82. The first kappa shape index (κ1) is 16.5. The van der Waals surface area contributed by atoms with Gasteiger partial charge in [0, 0.05) is 51.7 Å². The summed E-state index contributed by atoms with van der Waals surface area (Å²) in [5.74, 6) is 0. The van der Waals surface area contributed by atoms with Gasteiger partial charge < -0.3 is 10.6 Å². The molecule has 0 amide bonds. The van der Waals surface area contributed by atoms with Crippen molar-refractivity contribution in [3.8, 4) is 0 Å². The third kappa shape index (κ3) is 5.89. The highest BCUT2D eigenvalue weighted by Gasteiger charge is 2.09. The number of nitrogens with two attached hydrogens (primary N) is 1. The summed E-state index contributed by atoms with van der Waals surface area (Å²) in [6, 6.07) is 12.1. The largest absolute Gasteiger partial charge is 0.329 e. The topological polar surface area (TPSA) is 58.3 Å². The highest BCUT2D eigenvalue weighted by Crippen LogP contribution is 2.06. The van der Waals surface area contributed by atoms with E-state index in [9.17, 15) is 0 Å². The van der Waals surface area contributed by atoms with Gasteiger partial charge in [-0.1, -0.05) is 12.1 Å². The molecule has 0 radical (unpaired) electrons. The van der Waals surface area contributed by atoms with Crippen LogP contribution in [-0.2, 0) is 13.1 Å². The quantitative estimate of drug-likeness (QED) is 0.758. The molecule has 0 saturated carbocycles. The zero-order chi connectivity index (χ0) is 15.6. The molecule has 5 nitrogen and oxygen atoms in total. The Morgan fingerprint density at radius 3 is 1.91 bits per heavy atom. The van der Waals surface area contributed by atoms with E-state index in [1.807, 2.05) is 36.7 Å². The van der Waals surface area contributed by atoms with Crippen molar-refractivity contribution < 1.29 is 0 Å². The number of nitrogens with zero attached hydrogens (tertiary/aromatic N) is 4. The number of pyridine rings is 2. The first-order valence-corrected chi connectivity index (χ1v) is 7.68. The number of likely N-dealkylation sites (N-methyl/N-ethyl adjacent to an activating group) is 1. The van der Waals surface area contributed by atoms with E-state index in [1.54, 1.807) is 0 Å². The molecule has 0 fully saturated rings. The predicted molar refractivity (Wildman–Crippen MR) is 89.1 cm³/mol. The van der Waals surface area contributed by atoms with Crippen molar-refractivity contribution in [2.24, 2.45) is 5.73 Å². The van der Waals surface area contributed by atoms with Crippen LogP contribution in [-0.4, -0.2) is 53.0 Å². The SMILES string of the molecule is CN(CCN)CCN(Cc1ccccn1)Cc1ccccn1. The first-order valence-electron chi connectivity index (χ1n) is 7.68. The van der Waals surface area contributed by atoms with Crippen molar-refractivity contribution >= 4 is 0 Å². The van der Waals surface area contributed by atoms with Gasteiger partial charge in [0.25, 0.3) is 0 Å². The van der Waals surface area contributed by atoms with Crippen LogP contribution in [0.1, 0.15) is 11.4 Å². The number of hydrogen-bond acceptors (Lipinski definition) is 5. The molecule has 0 aliphatic rings. The second kappa shape index (κ2) is 9.25. The summed E-state index contributed by atoms with van der Waals surface area (Å²) in [5, 5.41) is 0. The molecule has 0 aliphatic carbocycles. The zero-order valence-corrected chi connectivity index (χ0v) is 13.2. The molecule has 2 aromatic heterocycles. The average molecular weight is 299 g/mol. The lowest BCUT2D eigenvalue weighted by molar-refractivity contribution is 0.210. The molecule has 0 saturated heterocycles. The summed E-state index contributed by atoms with van der Waals surface area (Å²) in [7, 11) is 2.10. The molecule has 22 heavy (non-hydrogen) atoms. The van der Waals surface area contributed by atoms with Gasteiger partial charge in [-0.15, -0.1) is 0 Å². The van der Waals surface area contributed by atoms with Crippen LogP contribution < -0.4 is 5.73 Å². The van der Waals surface area contributed by atoms with E-state index in [4.69, 9.17) is 5.73 Å². The second-order valence-electron chi connectivity index (χ2n) is 5.44. The Labute approximate surface area is 132 Å². The maximum Gasteiger partial charge on any atom is 0.0544 e. The summed E-state index contributed by atoms with van der Waals surface area (Å²) in [5.41, 5.74) is 7.77. The third-order valence-corrected chi connectivity index (χ3v) is 3.53. The fourth-order valence-electron chi connectivity index (χ4n) is 2.30. The minimum absolute atomic E-state index is 0.691. The van der Waals surface area contributed by atoms with E-state index in [0.29, 0.717) is 6.54 Å². The van der Waals surface area contributed by atoms with E-state index in [1.165, 1.54) is 0 Å². The van der Waals surface area contributed by atoms with Crippen molar-refractivity contribution in [1.82, 2.24) is 19.8 Å². The molecular formula is C17H25N5. The van der Waals surface area contributed by atoms with Gasteiger partial charge in [0.15, 0.2) is 0 Å². The van der Waals surface area contributed by atoms with Crippen LogP contribution >= 0.6 is 0 Å². The molecule has 2 rings (SSSR count). The van der Waals surface area contributed by atoms with Crippen LogP contribution in [0.15, 0.2) is 48.8 Å². The first-order chi connectivity index (χ1) is 10.8. The van der Waals surface area contributed by atoms with E-state index < -0.39 is 0 Å². The zero-order valence-electron chi connectivity index (χ0n) is 13.2. The average Bonchev–Trinajstić information content (AvgIpc) is 2.55. The van der Waals surface area contributed by atoms with E-state index >= 15 is 0 Å². The van der Waals surface area contributed by atoms with Gasteiger partial charge in [-0.05, 0) is 31.3 Å². The van der Waals surface area contributed by atoms with Crippen LogP contribution in [0.25, 0.3) is 0 Å². The second-order valence-corrected chi connectivity index (χ2v) is 5.44. The fourth-order valence-corrected chi connectivity index (χ4v) is 2.30. The monoisotopic (exact) mass is 299 g/mol. The maximum absolute atomic E-state index is 5.61. The molecular weight excluding hydrogens is 274 g/mol. The van der Waals surface area contributed by atoms with Gasteiger partial charge in [0.05, 0.1) is 11.4 Å². The van der Waals surface area contributed by atoms with Gasteiger partial charge in [-0.3, -0.25) is 14.9 Å². The molecule has 2 heterocycles. The minimum Gasteiger partial charge on any atom is -0.329 e. The van der Waals surface area contributed by atoms with Crippen LogP contribution in [0.5, 0.6) is 0 Å². The standard InChI is InChI=1S/C17H25N5/c1-21(11-8-18)12-13-22(14-16-6-2-4-9-19-16)15-17-7-3-5-10-20-17/h2-7,9-10H,8,11-15,18H2,1H3. The van der Waals surface area contributed by atoms with Crippen LogP contribution in [0, 0.1) is 0 Å². The summed E-state index contributed by atoms with van der Waals surface area (Å²) in [4.78, 5) is 13.5. The predicted octanol–water partition coefficient (Wildman–Crippen LogP) is 1.37. The van der Waals surface area contributed by atoms with Crippen LogP contribution in [0.4, 0.5) is 0 Å². The molecule has 5 heteroatoms. The van der Waals surface area contributed by atoms with Crippen molar-refractivity contribution in [2.45, 2.75) is 13.1 Å². The number of aromatic nitrogens is 2. The Morgan fingerprint density at radius 1 is 0.864 bits per heavy atom. The molecule has 2 aromatic rings. The van der Waals surface area contributed by atoms with Gasteiger partial charge in [0.2, 0.25) is 0 Å². The van der Waals surface area contributed by atoms with Gasteiger partial charge in [0.1, 0.15) is 0 Å².